The summed E-state index contributed by atoms with van der Waals surface area (Å²) in [6, 6.07) is 101. The molecule has 4 heteroatoms. The molecule has 4 nitrogen and oxygen atoms in total. The van der Waals surface area contributed by atoms with Gasteiger partial charge in [-0.05, 0) is 145 Å². The van der Waals surface area contributed by atoms with Gasteiger partial charge in [-0.3, -0.25) is 9.55 Å². The molecule has 0 spiro atoms. The van der Waals surface area contributed by atoms with E-state index in [2.05, 4.69) is 293 Å². The average molecular weight is 1060 g/mol. The normalized spacial score (nSPS) is 11.7. The maximum atomic E-state index is 12.9. The van der Waals surface area contributed by atoms with Gasteiger partial charge in [0.1, 0.15) is 11.6 Å². The number of pyridine rings is 1. The molecule has 0 fully saturated rings. The van der Waals surface area contributed by atoms with Crippen molar-refractivity contribution >= 4 is 11.0 Å². The highest BCUT2D eigenvalue weighted by Gasteiger charge is 2.31. The molecule has 394 valence electrons. The number of rotatable bonds is 12. The fourth-order valence-corrected chi connectivity index (χ4v) is 11.8. The van der Waals surface area contributed by atoms with Gasteiger partial charge in [-0.25, -0.2) is 4.98 Å². The van der Waals surface area contributed by atoms with E-state index in [1.165, 1.54) is 22.3 Å². The zero-order chi connectivity index (χ0) is 55.8. The van der Waals surface area contributed by atoms with E-state index >= 15 is 0 Å². The number of nitrogens with zero attached hydrogens (tertiary/aromatic N) is 3. The summed E-state index contributed by atoms with van der Waals surface area (Å²) in [6.07, 6.45) is 1.93. The quantitative estimate of drug-likeness (QED) is 0.124. The van der Waals surface area contributed by atoms with Crippen molar-refractivity contribution in [3.63, 3.8) is 0 Å². The Morgan fingerprint density at radius 1 is 0.329 bits per heavy atom. The highest BCUT2D eigenvalue weighted by Crippen LogP contribution is 2.47. The zero-order valence-electron chi connectivity index (χ0n) is 46.5. The van der Waals surface area contributed by atoms with Crippen molar-refractivity contribution in [2.24, 2.45) is 0 Å². The van der Waals surface area contributed by atoms with E-state index in [1.807, 2.05) is 30.5 Å². The van der Waals surface area contributed by atoms with Crippen LogP contribution >= 0.6 is 0 Å². The first-order valence-corrected chi connectivity index (χ1v) is 28.2. The molecule has 0 bridgehead atoms. The van der Waals surface area contributed by atoms with Gasteiger partial charge in [0.2, 0.25) is 0 Å². The zero-order valence-corrected chi connectivity index (χ0v) is 46.5. The number of hydrogen-bond acceptors (Lipinski definition) is 3. The van der Waals surface area contributed by atoms with E-state index in [0.717, 1.165) is 94.7 Å². The molecule has 11 aromatic carbocycles. The Hall–Kier alpha value is -10.2. The van der Waals surface area contributed by atoms with Gasteiger partial charge in [0.05, 0.1) is 28.0 Å². The van der Waals surface area contributed by atoms with E-state index in [1.54, 1.807) is 0 Å². The lowest BCUT2D eigenvalue weighted by Crippen LogP contribution is -2.25. The average Bonchev–Trinajstić information content (AvgIpc) is 4.10. The molecule has 0 radical (unpaired) electrons. The number of para-hydroxylation sites is 1. The number of aromatic hydroxyl groups is 1. The van der Waals surface area contributed by atoms with Crippen molar-refractivity contribution in [3.8, 4) is 101 Å². The highest BCUT2D eigenvalue weighted by atomic mass is 16.3. The number of phenolic OH excluding ortho intramolecular Hbond substituents is 1. The van der Waals surface area contributed by atoms with Crippen LogP contribution in [0.25, 0.3) is 106 Å². The minimum Gasteiger partial charge on any atom is -0.507 e. The molecule has 0 unspecified atom stereocenters. The smallest absolute Gasteiger partial charge is 0.149 e. The number of hydrogen-bond donors (Lipinski definition) is 1. The molecule has 0 aliphatic rings. The number of imidazole rings is 1. The molecule has 1 N–H and O–H groups in total. The van der Waals surface area contributed by atoms with Gasteiger partial charge >= 0.3 is 0 Å². The third-order valence-corrected chi connectivity index (χ3v) is 16.3. The molecule has 0 atom stereocenters. The second-order valence-electron chi connectivity index (χ2n) is 22.5. The summed E-state index contributed by atoms with van der Waals surface area (Å²) in [5.74, 6) is 0.787. The van der Waals surface area contributed by atoms with Crippen molar-refractivity contribution in [2.45, 2.75) is 38.5 Å². The minimum atomic E-state index is -0.350. The third kappa shape index (κ3) is 9.69. The fraction of sp³-hybridized carbons (Fsp3) is 0.0769. The van der Waals surface area contributed by atoms with Crippen LogP contribution in [-0.2, 0) is 10.8 Å². The topological polar surface area (TPSA) is 50.9 Å². The Labute approximate surface area is 481 Å². The first kappa shape index (κ1) is 51.3. The van der Waals surface area contributed by atoms with Crippen molar-refractivity contribution in [3.05, 3.63) is 314 Å². The van der Waals surface area contributed by atoms with Crippen LogP contribution in [0.2, 0.25) is 0 Å². The van der Waals surface area contributed by atoms with E-state index in [0.29, 0.717) is 11.4 Å². The first-order chi connectivity index (χ1) is 40.1. The van der Waals surface area contributed by atoms with Crippen LogP contribution < -0.4 is 0 Å². The summed E-state index contributed by atoms with van der Waals surface area (Å²) in [4.78, 5) is 10.9. The van der Waals surface area contributed by atoms with Crippen molar-refractivity contribution in [1.29, 1.82) is 0 Å². The molecular weight excluding hydrogens is 995 g/mol. The van der Waals surface area contributed by atoms with Gasteiger partial charge < -0.3 is 5.11 Å². The summed E-state index contributed by atoms with van der Waals surface area (Å²) in [7, 11) is 0. The van der Waals surface area contributed by atoms with Gasteiger partial charge in [0, 0.05) is 33.9 Å². The van der Waals surface area contributed by atoms with Gasteiger partial charge in [-0.1, -0.05) is 245 Å². The summed E-state index contributed by atoms with van der Waals surface area (Å²) in [5, 5.41) is 12.9. The van der Waals surface area contributed by atoms with Crippen LogP contribution in [0, 0.1) is 0 Å². The van der Waals surface area contributed by atoms with Gasteiger partial charge in [-0.15, -0.1) is 0 Å². The van der Waals surface area contributed by atoms with Gasteiger partial charge in [0.25, 0.3) is 0 Å². The van der Waals surface area contributed by atoms with E-state index in [-0.39, 0.29) is 16.6 Å². The van der Waals surface area contributed by atoms with Crippen molar-refractivity contribution in [2.75, 3.05) is 0 Å². The lowest BCUT2D eigenvalue weighted by molar-refractivity contribution is 0.479. The van der Waals surface area contributed by atoms with Crippen molar-refractivity contribution < 1.29 is 5.11 Å². The summed E-state index contributed by atoms with van der Waals surface area (Å²) in [6.45, 7) is 9.10. The van der Waals surface area contributed by atoms with Gasteiger partial charge in [-0.2, -0.15) is 0 Å². The molecule has 0 saturated heterocycles. The van der Waals surface area contributed by atoms with E-state index in [4.69, 9.17) is 9.97 Å². The Kier molecular flexibility index (Phi) is 13.4. The van der Waals surface area contributed by atoms with Crippen LogP contribution in [0.4, 0.5) is 0 Å². The van der Waals surface area contributed by atoms with Crippen LogP contribution in [-0.4, -0.2) is 19.6 Å². The molecule has 82 heavy (non-hydrogen) atoms. The van der Waals surface area contributed by atoms with Crippen LogP contribution in [0.3, 0.4) is 0 Å². The second kappa shape index (κ2) is 21.5. The molecule has 0 aliphatic heterocycles. The molecule has 2 heterocycles. The van der Waals surface area contributed by atoms with Crippen molar-refractivity contribution in [1.82, 2.24) is 14.5 Å². The largest absolute Gasteiger partial charge is 0.507 e. The van der Waals surface area contributed by atoms with E-state index in [9.17, 15) is 5.11 Å². The number of benzene rings is 11. The number of aromatic nitrogens is 3. The maximum Gasteiger partial charge on any atom is 0.149 e. The molecule has 0 aliphatic carbocycles. The predicted molar refractivity (Wildman–Crippen MR) is 341 cm³/mol. The Morgan fingerprint density at radius 3 is 1.39 bits per heavy atom. The van der Waals surface area contributed by atoms with Gasteiger partial charge in [0.15, 0.2) is 0 Å². The summed E-state index contributed by atoms with van der Waals surface area (Å²) >= 11 is 0. The van der Waals surface area contributed by atoms with Crippen LogP contribution in [0.1, 0.15) is 49.9 Å². The Balaban J connectivity index is 1.01. The minimum absolute atomic E-state index is 0.115. The summed E-state index contributed by atoms with van der Waals surface area (Å²) < 4.78 is 2.27. The standard InChI is InChI=1S/C78H61N3O/c1-77(2,3)66-42-43-72(68(52-66)56-28-15-7-16-29-56)81-73-37-23-36-67(74(73)80-76(81)70-50-60(54-26-13-6-14-27-54)49-69(75(70)82)57-30-17-8-18-31-57)61-46-59(53-24-11-5-12-25-53)47-62(48-61)71-51-58(44-45-79-71)55-38-40-65(41-39-55)78(4,63-32-19-9-20-33-63)64-34-21-10-22-35-64/h5-52,82H,1-4H3. The molecule has 0 amide bonds. The Morgan fingerprint density at radius 2 is 0.805 bits per heavy atom. The first-order valence-electron chi connectivity index (χ1n) is 28.2. The number of fused-ring (bicyclic) bond motifs is 1. The summed E-state index contributed by atoms with van der Waals surface area (Å²) in [5.41, 5.74) is 21.7. The molecule has 13 aromatic rings. The molecule has 13 rings (SSSR count). The maximum absolute atomic E-state index is 12.9. The number of phenols is 1. The molecule has 0 saturated carbocycles. The third-order valence-electron chi connectivity index (χ3n) is 16.3. The Bertz CT molecular complexity index is 4360. The SMILES string of the molecule is CC(C)(C)c1ccc(-n2c(-c3cc(-c4ccccc4)cc(-c4ccccc4)c3O)nc3c(-c4cc(-c5ccccc5)cc(-c5cc(-c6ccc(C(C)(c7ccccc7)c7ccccc7)cc6)ccn5)c4)cccc32)c(-c2ccccc2)c1. The lowest BCUT2D eigenvalue weighted by Gasteiger charge is -2.32. The fourth-order valence-electron chi connectivity index (χ4n) is 11.8. The molecule has 2 aromatic heterocycles. The predicted octanol–water partition coefficient (Wildman–Crippen LogP) is 20.1. The monoisotopic (exact) mass is 1060 g/mol. The van der Waals surface area contributed by atoms with E-state index < -0.39 is 0 Å². The highest BCUT2D eigenvalue weighted by molar-refractivity contribution is 5.99. The van der Waals surface area contributed by atoms with Crippen LogP contribution in [0.5, 0.6) is 5.75 Å². The lowest BCUT2D eigenvalue weighted by atomic mass is 9.71. The van der Waals surface area contributed by atoms with Crippen LogP contribution in [0.15, 0.2) is 291 Å². The molecular formula is C78H61N3O. The second-order valence-corrected chi connectivity index (χ2v) is 22.5.